The summed E-state index contributed by atoms with van der Waals surface area (Å²) in [6.07, 6.45) is 3.87. The van der Waals surface area contributed by atoms with Crippen LogP contribution < -0.4 is 5.32 Å². The molecule has 3 aromatic rings. The van der Waals surface area contributed by atoms with E-state index in [0.717, 1.165) is 55.3 Å². The van der Waals surface area contributed by atoms with Crippen LogP contribution >= 0.6 is 0 Å². The van der Waals surface area contributed by atoms with E-state index in [1.165, 1.54) is 0 Å². The van der Waals surface area contributed by atoms with Crippen LogP contribution in [0.3, 0.4) is 0 Å². The third kappa shape index (κ3) is 3.02. The second-order valence-corrected chi connectivity index (χ2v) is 7.21. The van der Waals surface area contributed by atoms with Gasteiger partial charge in [-0.25, -0.2) is 9.78 Å². The van der Waals surface area contributed by atoms with Crippen LogP contribution in [0.15, 0.2) is 30.3 Å². The quantitative estimate of drug-likeness (QED) is 0.723. The van der Waals surface area contributed by atoms with Crippen molar-refractivity contribution in [3.05, 3.63) is 47.8 Å². The van der Waals surface area contributed by atoms with Crippen molar-refractivity contribution in [3.63, 3.8) is 0 Å². The number of fused-ring (bicyclic) bond motifs is 1. The number of rotatable bonds is 4. The molecule has 0 radical (unpaired) electrons. The number of carbonyl (C=O) groups excluding carboxylic acids is 1. The Balaban J connectivity index is 1.27. The molecular formula is C19H22N8O. The number of aromatic amines is 1. The number of nitrogens with zero attached hydrogens (tertiary/aromatic N) is 6. The number of hydrogen-bond donors (Lipinski definition) is 2. The van der Waals surface area contributed by atoms with Gasteiger partial charge in [0.1, 0.15) is 11.6 Å². The summed E-state index contributed by atoms with van der Waals surface area (Å²) in [5, 5.41) is 18.7. The lowest BCUT2D eigenvalue weighted by molar-refractivity contribution is 0.190. The predicted molar refractivity (Wildman–Crippen MR) is 101 cm³/mol. The van der Waals surface area contributed by atoms with Gasteiger partial charge in [-0.15, -0.1) is 10.2 Å². The summed E-state index contributed by atoms with van der Waals surface area (Å²) < 4.78 is 2.10. The van der Waals surface area contributed by atoms with Crippen LogP contribution in [0.4, 0.5) is 4.79 Å². The lowest BCUT2D eigenvalue weighted by atomic mass is 10.2. The molecular weight excluding hydrogens is 356 g/mol. The zero-order valence-corrected chi connectivity index (χ0v) is 15.5. The number of amides is 2. The molecule has 5 rings (SSSR count). The Morgan fingerprint density at radius 3 is 2.96 bits per heavy atom. The van der Waals surface area contributed by atoms with Crippen molar-refractivity contribution < 1.29 is 4.79 Å². The number of likely N-dealkylation sites (tertiary alicyclic amines) is 1. The Bertz CT molecular complexity index is 979. The van der Waals surface area contributed by atoms with Crippen LogP contribution in [0, 0.1) is 0 Å². The van der Waals surface area contributed by atoms with Crippen molar-refractivity contribution >= 4 is 6.03 Å². The molecule has 2 amide bonds. The third-order valence-electron chi connectivity index (χ3n) is 5.45. The van der Waals surface area contributed by atoms with Gasteiger partial charge in [0.25, 0.3) is 0 Å². The first kappa shape index (κ1) is 16.9. The maximum atomic E-state index is 12.8. The summed E-state index contributed by atoms with van der Waals surface area (Å²) in [7, 11) is 0. The van der Waals surface area contributed by atoms with Crippen molar-refractivity contribution in [1.29, 1.82) is 0 Å². The molecule has 2 aliphatic heterocycles. The zero-order chi connectivity index (χ0) is 18.9. The summed E-state index contributed by atoms with van der Waals surface area (Å²) in [6, 6.07) is 9.64. The van der Waals surface area contributed by atoms with E-state index < -0.39 is 0 Å². The van der Waals surface area contributed by atoms with Crippen LogP contribution in [0.5, 0.6) is 0 Å². The Morgan fingerprint density at radius 1 is 1.18 bits per heavy atom. The van der Waals surface area contributed by atoms with Gasteiger partial charge in [-0.1, -0.05) is 30.3 Å². The molecule has 1 saturated heterocycles. The molecule has 0 aliphatic carbocycles. The van der Waals surface area contributed by atoms with Crippen molar-refractivity contribution in [2.24, 2.45) is 0 Å². The minimum Gasteiger partial charge on any atom is -0.331 e. The lowest BCUT2D eigenvalue weighted by Gasteiger charge is -2.23. The van der Waals surface area contributed by atoms with Crippen molar-refractivity contribution in [2.45, 2.75) is 44.8 Å². The van der Waals surface area contributed by atoms with Gasteiger partial charge in [-0.3, -0.25) is 5.10 Å². The summed E-state index contributed by atoms with van der Waals surface area (Å²) in [6.45, 7) is 2.02. The van der Waals surface area contributed by atoms with Crippen molar-refractivity contribution in [3.8, 4) is 11.4 Å². The minimum absolute atomic E-state index is 0.0888. The van der Waals surface area contributed by atoms with Gasteiger partial charge in [-0.2, -0.15) is 5.10 Å². The highest BCUT2D eigenvalue weighted by molar-refractivity contribution is 5.75. The summed E-state index contributed by atoms with van der Waals surface area (Å²) in [5.74, 6) is 3.22. The van der Waals surface area contributed by atoms with Gasteiger partial charge in [0, 0.05) is 25.1 Å². The first-order valence-electron chi connectivity index (χ1n) is 9.73. The van der Waals surface area contributed by atoms with Crippen molar-refractivity contribution in [1.82, 2.24) is 40.2 Å². The van der Waals surface area contributed by atoms with Gasteiger partial charge in [0.15, 0.2) is 11.6 Å². The van der Waals surface area contributed by atoms with Gasteiger partial charge < -0.3 is 14.8 Å². The second kappa shape index (κ2) is 7.06. The molecule has 2 aliphatic rings. The maximum absolute atomic E-state index is 12.8. The van der Waals surface area contributed by atoms with E-state index in [0.29, 0.717) is 18.9 Å². The Hall–Kier alpha value is -3.23. The maximum Gasteiger partial charge on any atom is 0.318 e. The zero-order valence-electron chi connectivity index (χ0n) is 15.5. The molecule has 4 heterocycles. The smallest absolute Gasteiger partial charge is 0.318 e. The van der Waals surface area contributed by atoms with E-state index in [-0.39, 0.29) is 12.1 Å². The number of H-pyrrole nitrogens is 1. The van der Waals surface area contributed by atoms with Crippen LogP contribution in [0.2, 0.25) is 0 Å². The van der Waals surface area contributed by atoms with Gasteiger partial charge in [0.05, 0.1) is 12.6 Å². The predicted octanol–water partition coefficient (Wildman–Crippen LogP) is 2.06. The molecule has 9 nitrogen and oxygen atoms in total. The van der Waals surface area contributed by atoms with Crippen molar-refractivity contribution in [2.75, 3.05) is 6.54 Å². The van der Waals surface area contributed by atoms with Crippen LogP contribution in [-0.2, 0) is 19.5 Å². The molecule has 0 bridgehead atoms. The third-order valence-corrected chi connectivity index (χ3v) is 5.45. The van der Waals surface area contributed by atoms with Gasteiger partial charge in [-0.05, 0) is 19.3 Å². The highest BCUT2D eigenvalue weighted by Crippen LogP contribution is 2.30. The molecule has 0 spiro atoms. The summed E-state index contributed by atoms with van der Waals surface area (Å²) in [4.78, 5) is 19.3. The number of hydrogen-bond acceptors (Lipinski definition) is 5. The summed E-state index contributed by atoms with van der Waals surface area (Å²) in [5.41, 5.74) is 0.958. The number of nitrogens with one attached hydrogen (secondary N) is 2. The molecule has 0 saturated carbocycles. The summed E-state index contributed by atoms with van der Waals surface area (Å²) >= 11 is 0. The molecule has 9 heteroatoms. The number of urea groups is 1. The fourth-order valence-corrected chi connectivity index (χ4v) is 4.03. The van der Waals surface area contributed by atoms with E-state index >= 15 is 0 Å². The average Bonchev–Trinajstić information content (AvgIpc) is 3.51. The topological polar surface area (TPSA) is 105 Å². The van der Waals surface area contributed by atoms with E-state index in [9.17, 15) is 4.79 Å². The normalized spacial score (nSPS) is 18.4. The Morgan fingerprint density at radius 2 is 2.07 bits per heavy atom. The molecule has 144 valence electrons. The van der Waals surface area contributed by atoms with E-state index in [1.54, 1.807) is 0 Å². The SMILES string of the molecule is O=C(NCc1nnc2n1CCC2)N1CCCC1c1nc(-c2ccccc2)n[nH]1. The van der Waals surface area contributed by atoms with E-state index in [4.69, 9.17) is 0 Å². The average molecular weight is 378 g/mol. The number of aryl methyl sites for hydroxylation is 1. The van der Waals surface area contributed by atoms with Gasteiger partial charge >= 0.3 is 6.03 Å². The first-order chi connectivity index (χ1) is 13.8. The molecule has 2 N–H and O–H groups in total. The van der Waals surface area contributed by atoms with E-state index in [2.05, 4.69) is 35.3 Å². The highest BCUT2D eigenvalue weighted by Gasteiger charge is 2.32. The number of carbonyl (C=O) groups is 1. The minimum atomic E-state index is -0.101. The number of aromatic nitrogens is 6. The second-order valence-electron chi connectivity index (χ2n) is 7.21. The molecule has 1 aromatic carbocycles. The van der Waals surface area contributed by atoms with Gasteiger partial charge in [0.2, 0.25) is 0 Å². The molecule has 1 fully saturated rings. The fraction of sp³-hybridized carbons (Fsp3) is 0.421. The Labute approximate surface area is 162 Å². The van der Waals surface area contributed by atoms with Crippen LogP contribution in [0.25, 0.3) is 11.4 Å². The standard InChI is InChI=1S/C19H22N8O/c28-19(20-12-16-23-22-15-9-5-11-27(15)16)26-10-4-8-14(26)18-21-17(24-25-18)13-6-2-1-3-7-13/h1-3,6-7,14H,4-5,8-12H2,(H,20,28)(H,21,24,25). The highest BCUT2D eigenvalue weighted by atomic mass is 16.2. The first-order valence-corrected chi connectivity index (χ1v) is 9.73. The molecule has 1 atom stereocenters. The molecule has 1 unspecified atom stereocenters. The molecule has 28 heavy (non-hydrogen) atoms. The largest absolute Gasteiger partial charge is 0.331 e. The Kier molecular flexibility index (Phi) is 4.27. The lowest BCUT2D eigenvalue weighted by Crippen LogP contribution is -2.39. The fourth-order valence-electron chi connectivity index (χ4n) is 4.03. The monoisotopic (exact) mass is 378 g/mol. The molecule has 2 aromatic heterocycles. The van der Waals surface area contributed by atoms with Crippen LogP contribution in [-0.4, -0.2) is 47.4 Å². The number of benzene rings is 1. The van der Waals surface area contributed by atoms with Crippen LogP contribution in [0.1, 0.15) is 42.8 Å². The van der Waals surface area contributed by atoms with E-state index in [1.807, 2.05) is 35.2 Å².